The van der Waals surface area contributed by atoms with E-state index in [4.69, 9.17) is 0 Å². The molecule has 0 aliphatic carbocycles. The molecule has 1 atom stereocenters. The minimum Gasteiger partial charge on any atom is -0.353 e. The molecule has 0 spiro atoms. The molecule has 4 heteroatoms. The maximum Gasteiger partial charge on any atom is 0.230 e. The second kappa shape index (κ2) is 7.82. The molecular weight excluding hydrogens is 300 g/mol. The summed E-state index contributed by atoms with van der Waals surface area (Å²) in [6.07, 6.45) is 2.47. The zero-order valence-corrected chi connectivity index (χ0v) is 15.3. The topological polar surface area (TPSA) is 49.4 Å². The van der Waals surface area contributed by atoms with Crippen LogP contribution < -0.4 is 5.32 Å². The van der Waals surface area contributed by atoms with Gasteiger partial charge in [-0.25, -0.2) is 0 Å². The van der Waals surface area contributed by atoms with E-state index in [2.05, 4.69) is 12.2 Å². The molecule has 2 rings (SSSR count). The molecule has 132 valence electrons. The lowest BCUT2D eigenvalue weighted by Gasteiger charge is -2.35. The summed E-state index contributed by atoms with van der Waals surface area (Å²) in [6.45, 7) is 9.27. The van der Waals surface area contributed by atoms with Gasteiger partial charge in [-0.1, -0.05) is 58.0 Å². The molecule has 1 N–H and O–H groups in total. The van der Waals surface area contributed by atoms with Gasteiger partial charge in [-0.2, -0.15) is 0 Å². The molecule has 24 heavy (non-hydrogen) atoms. The SMILES string of the molecule is CC[C@H](C(=O)N1CCC(NC(=O)C(C)(C)C)CC1)c1ccccc1. The number of benzene rings is 1. The van der Waals surface area contributed by atoms with Crippen molar-refractivity contribution in [3.05, 3.63) is 35.9 Å². The van der Waals surface area contributed by atoms with Gasteiger partial charge < -0.3 is 10.2 Å². The summed E-state index contributed by atoms with van der Waals surface area (Å²) < 4.78 is 0. The Bertz CT molecular complexity index is 555. The molecule has 2 amide bonds. The van der Waals surface area contributed by atoms with Crippen molar-refractivity contribution in [1.29, 1.82) is 0 Å². The molecule has 0 bridgehead atoms. The van der Waals surface area contributed by atoms with Gasteiger partial charge in [-0.3, -0.25) is 9.59 Å². The average Bonchev–Trinajstić information content (AvgIpc) is 2.56. The van der Waals surface area contributed by atoms with Crippen LogP contribution in [0.1, 0.15) is 58.4 Å². The summed E-state index contributed by atoms with van der Waals surface area (Å²) in [5.41, 5.74) is 0.723. The number of carbonyl (C=O) groups is 2. The molecular formula is C20H30N2O2. The average molecular weight is 330 g/mol. The first-order valence-corrected chi connectivity index (χ1v) is 8.97. The second-order valence-electron chi connectivity index (χ2n) is 7.69. The van der Waals surface area contributed by atoms with Gasteiger partial charge in [0.1, 0.15) is 0 Å². The van der Waals surface area contributed by atoms with E-state index in [1.54, 1.807) is 0 Å². The first-order chi connectivity index (χ1) is 11.3. The third-order valence-electron chi connectivity index (χ3n) is 4.73. The Hall–Kier alpha value is -1.84. The highest BCUT2D eigenvalue weighted by Gasteiger charge is 2.30. The van der Waals surface area contributed by atoms with Crippen LogP contribution in [0.25, 0.3) is 0 Å². The van der Waals surface area contributed by atoms with Crippen molar-refractivity contribution in [2.45, 2.75) is 58.9 Å². The maximum absolute atomic E-state index is 12.9. The van der Waals surface area contributed by atoms with Gasteiger partial charge in [-0.15, -0.1) is 0 Å². The van der Waals surface area contributed by atoms with Crippen LogP contribution in [-0.4, -0.2) is 35.8 Å². The van der Waals surface area contributed by atoms with Gasteiger partial charge in [0.05, 0.1) is 5.92 Å². The van der Waals surface area contributed by atoms with E-state index in [1.165, 1.54) is 0 Å². The lowest BCUT2D eigenvalue weighted by atomic mass is 9.92. The fourth-order valence-electron chi connectivity index (χ4n) is 3.10. The summed E-state index contributed by atoms with van der Waals surface area (Å²) >= 11 is 0. The van der Waals surface area contributed by atoms with Crippen molar-refractivity contribution in [2.24, 2.45) is 5.41 Å². The first kappa shape index (κ1) is 18.5. The fourth-order valence-corrected chi connectivity index (χ4v) is 3.10. The Kier molecular flexibility index (Phi) is 6.03. The highest BCUT2D eigenvalue weighted by atomic mass is 16.2. The molecule has 0 unspecified atom stereocenters. The van der Waals surface area contributed by atoms with Crippen LogP contribution in [0.15, 0.2) is 30.3 Å². The second-order valence-corrected chi connectivity index (χ2v) is 7.69. The largest absolute Gasteiger partial charge is 0.353 e. The lowest BCUT2D eigenvalue weighted by molar-refractivity contribution is -0.134. The van der Waals surface area contributed by atoms with Crippen molar-refractivity contribution in [1.82, 2.24) is 10.2 Å². The monoisotopic (exact) mass is 330 g/mol. The number of carbonyl (C=O) groups excluding carboxylic acids is 2. The summed E-state index contributed by atoms with van der Waals surface area (Å²) in [5.74, 6) is 0.235. The molecule has 0 saturated carbocycles. The standard InChI is InChI=1S/C20H30N2O2/c1-5-17(15-9-7-6-8-10-15)18(23)22-13-11-16(12-14-22)21-19(24)20(2,3)4/h6-10,16-17H,5,11-14H2,1-4H3,(H,21,24)/t17-/m0/s1. The van der Waals surface area contributed by atoms with Crippen molar-refractivity contribution in [2.75, 3.05) is 13.1 Å². The van der Waals surface area contributed by atoms with Gasteiger partial charge in [0.25, 0.3) is 0 Å². The van der Waals surface area contributed by atoms with Crippen molar-refractivity contribution in [3.63, 3.8) is 0 Å². The van der Waals surface area contributed by atoms with Crippen LogP contribution in [0, 0.1) is 5.41 Å². The minimum atomic E-state index is -0.367. The molecule has 0 aromatic heterocycles. The van der Waals surface area contributed by atoms with E-state index >= 15 is 0 Å². The van der Waals surface area contributed by atoms with Gasteiger partial charge in [-0.05, 0) is 24.8 Å². The van der Waals surface area contributed by atoms with Crippen molar-refractivity contribution >= 4 is 11.8 Å². The predicted octanol–water partition coefficient (Wildman–Crippen LogP) is 3.33. The van der Waals surface area contributed by atoms with Crippen LogP contribution in [-0.2, 0) is 9.59 Å². The van der Waals surface area contributed by atoms with E-state index in [1.807, 2.05) is 56.0 Å². The molecule has 1 aliphatic heterocycles. The minimum absolute atomic E-state index is 0.0630. The Morgan fingerprint density at radius 1 is 1.17 bits per heavy atom. The summed E-state index contributed by atoms with van der Waals surface area (Å²) in [4.78, 5) is 26.9. The Morgan fingerprint density at radius 2 is 1.75 bits per heavy atom. The first-order valence-electron chi connectivity index (χ1n) is 8.97. The van der Waals surface area contributed by atoms with Crippen molar-refractivity contribution in [3.8, 4) is 0 Å². The quantitative estimate of drug-likeness (QED) is 0.920. The van der Waals surface area contributed by atoms with Gasteiger partial charge in [0, 0.05) is 24.5 Å². The maximum atomic E-state index is 12.9. The lowest BCUT2D eigenvalue weighted by Crippen LogP contribution is -2.49. The Balaban J connectivity index is 1.91. The molecule has 4 nitrogen and oxygen atoms in total. The van der Waals surface area contributed by atoms with E-state index in [-0.39, 0.29) is 29.2 Å². The summed E-state index contributed by atoms with van der Waals surface area (Å²) in [7, 11) is 0. The third-order valence-corrected chi connectivity index (χ3v) is 4.73. The zero-order valence-electron chi connectivity index (χ0n) is 15.3. The van der Waals surface area contributed by atoms with Crippen LogP contribution >= 0.6 is 0 Å². The molecule has 1 saturated heterocycles. The molecule has 1 aromatic carbocycles. The summed E-state index contributed by atoms with van der Waals surface area (Å²) in [5, 5.41) is 3.12. The van der Waals surface area contributed by atoms with Crippen LogP contribution in [0.4, 0.5) is 0 Å². The number of amides is 2. The van der Waals surface area contributed by atoms with E-state index < -0.39 is 0 Å². The number of hydrogen-bond acceptors (Lipinski definition) is 2. The normalized spacial score (nSPS) is 17.4. The number of piperidine rings is 1. The van der Waals surface area contributed by atoms with E-state index in [9.17, 15) is 9.59 Å². The molecule has 1 fully saturated rings. The van der Waals surface area contributed by atoms with E-state index in [0.29, 0.717) is 0 Å². The summed E-state index contributed by atoms with van der Waals surface area (Å²) in [6, 6.07) is 10.2. The smallest absolute Gasteiger partial charge is 0.230 e. The Labute approximate surface area is 145 Å². The van der Waals surface area contributed by atoms with Gasteiger partial charge >= 0.3 is 0 Å². The fraction of sp³-hybridized carbons (Fsp3) is 0.600. The molecule has 1 aliphatic rings. The molecule has 1 heterocycles. The van der Waals surface area contributed by atoms with Crippen molar-refractivity contribution < 1.29 is 9.59 Å². The predicted molar refractivity (Wildman–Crippen MR) is 96.7 cm³/mol. The Morgan fingerprint density at radius 3 is 2.25 bits per heavy atom. The third kappa shape index (κ3) is 4.59. The van der Waals surface area contributed by atoms with Crippen LogP contribution in [0.5, 0.6) is 0 Å². The molecule has 0 radical (unpaired) electrons. The van der Waals surface area contributed by atoms with Gasteiger partial charge in [0.2, 0.25) is 11.8 Å². The number of hydrogen-bond donors (Lipinski definition) is 1. The van der Waals surface area contributed by atoms with Crippen LogP contribution in [0.2, 0.25) is 0 Å². The van der Waals surface area contributed by atoms with E-state index in [0.717, 1.165) is 37.9 Å². The number of rotatable bonds is 4. The molecule has 1 aromatic rings. The number of nitrogens with zero attached hydrogens (tertiary/aromatic N) is 1. The number of nitrogens with one attached hydrogen (secondary N) is 1. The number of likely N-dealkylation sites (tertiary alicyclic amines) is 1. The highest BCUT2D eigenvalue weighted by Crippen LogP contribution is 2.24. The van der Waals surface area contributed by atoms with Gasteiger partial charge in [0.15, 0.2) is 0 Å². The van der Waals surface area contributed by atoms with Crippen LogP contribution in [0.3, 0.4) is 0 Å². The zero-order chi connectivity index (χ0) is 17.7. The highest BCUT2D eigenvalue weighted by molar-refractivity contribution is 5.84.